The Balaban J connectivity index is 1.33. The molecule has 5 heterocycles. The number of halogens is 2. The van der Waals surface area contributed by atoms with E-state index in [0.717, 1.165) is 5.69 Å². The van der Waals surface area contributed by atoms with Crippen LogP contribution in [0.3, 0.4) is 0 Å². The maximum absolute atomic E-state index is 15.0. The SMILES string of the molecule is O=C1c2sc(-c3ccc(N4CCC(C(I)[N+](=O)[O-])CC4)nc3F)nc2CCN1c1cccnc1. The number of nitro groups is 1. The van der Waals surface area contributed by atoms with Crippen LogP contribution in [0.25, 0.3) is 10.6 Å². The van der Waals surface area contributed by atoms with Crippen LogP contribution in [0.1, 0.15) is 28.2 Å². The van der Waals surface area contributed by atoms with E-state index in [0.29, 0.717) is 60.3 Å². The third-order valence-electron chi connectivity index (χ3n) is 6.18. The molecule has 5 rings (SSSR count). The second kappa shape index (κ2) is 9.49. The number of amides is 1. The number of anilines is 2. The van der Waals surface area contributed by atoms with Gasteiger partial charge in [0.25, 0.3) is 9.96 Å². The van der Waals surface area contributed by atoms with Gasteiger partial charge in [0.15, 0.2) is 0 Å². The van der Waals surface area contributed by atoms with Gasteiger partial charge in [0.2, 0.25) is 5.95 Å². The first kappa shape index (κ1) is 23.0. The number of thiazole rings is 1. The van der Waals surface area contributed by atoms with Crippen molar-refractivity contribution in [2.75, 3.05) is 29.4 Å². The van der Waals surface area contributed by atoms with Crippen molar-refractivity contribution < 1.29 is 14.1 Å². The Hall–Kier alpha value is -2.74. The van der Waals surface area contributed by atoms with Gasteiger partial charge in [-0.05, 0) is 37.1 Å². The van der Waals surface area contributed by atoms with E-state index in [1.54, 1.807) is 35.5 Å². The molecular formula is C22H20FIN6O3S. The van der Waals surface area contributed by atoms with Gasteiger partial charge in [0.1, 0.15) is 15.7 Å². The molecule has 1 amide bonds. The predicted octanol–water partition coefficient (Wildman–Crippen LogP) is 4.20. The number of nitrogens with zero attached hydrogens (tertiary/aromatic N) is 6. The molecule has 0 aliphatic carbocycles. The fourth-order valence-corrected chi connectivity index (χ4v) is 6.13. The van der Waals surface area contributed by atoms with Crippen molar-refractivity contribution in [3.05, 3.63) is 63.3 Å². The maximum Gasteiger partial charge on any atom is 0.270 e. The van der Waals surface area contributed by atoms with Crippen LogP contribution in [0.4, 0.5) is 15.9 Å². The molecule has 1 atom stereocenters. The van der Waals surface area contributed by atoms with Gasteiger partial charge in [-0.2, -0.15) is 4.39 Å². The van der Waals surface area contributed by atoms with Gasteiger partial charge >= 0.3 is 0 Å². The summed E-state index contributed by atoms with van der Waals surface area (Å²) in [4.78, 5) is 40.7. The second-order valence-corrected chi connectivity index (χ2v) is 10.5. The number of aromatic nitrogens is 3. The van der Waals surface area contributed by atoms with Gasteiger partial charge in [-0.15, -0.1) is 11.3 Å². The van der Waals surface area contributed by atoms with E-state index < -0.39 is 10.00 Å². The second-order valence-electron chi connectivity index (χ2n) is 8.20. The van der Waals surface area contributed by atoms with Crippen LogP contribution in [0, 0.1) is 22.0 Å². The van der Waals surface area contributed by atoms with Crippen LogP contribution < -0.4 is 9.80 Å². The molecule has 0 spiro atoms. The fourth-order valence-electron chi connectivity index (χ4n) is 4.34. The molecule has 3 aromatic rings. The summed E-state index contributed by atoms with van der Waals surface area (Å²) < 4.78 is 14.4. The highest BCUT2D eigenvalue weighted by Crippen LogP contribution is 2.35. The van der Waals surface area contributed by atoms with E-state index in [-0.39, 0.29) is 22.3 Å². The quantitative estimate of drug-likeness (QED) is 0.109. The van der Waals surface area contributed by atoms with Gasteiger partial charge in [0.05, 0.1) is 23.1 Å². The zero-order valence-corrected chi connectivity index (χ0v) is 20.9. The summed E-state index contributed by atoms with van der Waals surface area (Å²) in [7, 11) is 0. The van der Waals surface area contributed by atoms with Crippen LogP contribution in [-0.2, 0) is 6.42 Å². The van der Waals surface area contributed by atoms with Gasteiger partial charge in [-0.3, -0.25) is 19.9 Å². The van der Waals surface area contributed by atoms with Crippen molar-refractivity contribution in [3.63, 3.8) is 0 Å². The Morgan fingerprint density at radius 2 is 2.00 bits per heavy atom. The largest absolute Gasteiger partial charge is 0.356 e. The summed E-state index contributed by atoms with van der Waals surface area (Å²) in [6.45, 7) is 1.67. The molecule has 2 aliphatic rings. The van der Waals surface area contributed by atoms with E-state index >= 15 is 4.39 Å². The lowest BCUT2D eigenvalue weighted by Crippen LogP contribution is -2.38. The summed E-state index contributed by atoms with van der Waals surface area (Å²) in [6.07, 6.45) is 5.20. The smallest absolute Gasteiger partial charge is 0.270 e. The number of hydrogen-bond donors (Lipinski definition) is 0. The molecule has 1 fully saturated rings. The molecule has 1 unspecified atom stereocenters. The molecule has 12 heteroatoms. The molecule has 0 saturated carbocycles. The lowest BCUT2D eigenvalue weighted by atomic mass is 9.97. The zero-order valence-electron chi connectivity index (χ0n) is 17.9. The molecular weight excluding hydrogens is 574 g/mol. The number of pyridine rings is 2. The number of alkyl halides is 1. The monoisotopic (exact) mass is 594 g/mol. The molecule has 0 N–H and O–H groups in total. The summed E-state index contributed by atoms with van der Waals surface area (Å²) in [5.41, 5.74) is 1.66. The normalized spacial score (nSPS) is 17.5. The van der Waals surface area contributed by atoms with Crippen LogP contribution in [0.15, 0.2) is 36.7 Å². The number of hydrogen-bond acceptors (Lipinski definition) is 8. The molecule has 1 saturated heterocycles. The van der Waals surface area contributed by atoms with Crippen molar-refractivity contribution >= 4 is 51.3 Å². The van der Waals surface area contributed by atoms with E-state index in [9.17, 15) is 14.9 Å². The van der Waals surface area contributed by atoms with Crippen molar-refractivity contribution in [1.29, 1.82) is 0 Å². The highest BCUT2D eigenvalue weighted by molar-refractivity contribution is 14.1. The lowest BCUT2D eigenvalue weighted by molar-refractivity contribution is -0.498. The van der Waals surface area contributed by atoms with Gasteiger partial charge < -0.3 is 9.80 Å². The first-order valence-corrected chi connectivity index (χ1v) is 12.9. The maximum atomic E-state index is 15.0. The fraction of sp³-hybridized carbons (Fsp3) is 0.364. The van der Waals surface area contributed by atoms with Crippen molar-refractivity contribution in [3.8, 4) is 10.6 Å². The minimum absolute atomic E-state index is 0.00128. The molecule has 2 aliphatic heterocycles. The number of fused-ring (bicyclic) bond motifs is 1. The van der Waals surface area contributed by atoms with Gasteiger partial charge in [0, 0.05) is 65.7 Å². The standard InChI is InChI=1S/C22H20FIN6O3S/c23-19-15(3-4-17(27-19)28-9-5-13(6-10-28)20(24)30(32)33)21-26-16-7-11-29(22(31)18(16)34-21)14-2-1-8-25-12-14/h1-4,8,12-13,20H,5-7,9-11H2. The topological polar surface area (TPSA) is 105 Å². The molecule has 9 nitrogen and oxygen atoms in total. The lowest BCUT2D eigenvalue weighted by Gasteiger charge is -2.32. The minimum atomic E-state index is -0.639. The van der Waals surface area contributed by atoms with E-state index in [1.807, 2.05) is 33.6 Å². The summed E-state index contributed by atoms with van der Waals surface area (Å²) in [5.74, 6) is -0.291. The molecule has 0 radical (unpaired) electrons. The summed E-state index contributed by atoms with van der Waals surface area (Å²) in [5, 5.41) is 11.5. The molecule has 176 valence electrons. The highest BCUT2D eigenvalue weighted by atomic mass is 127. The Kier molecular flexibility index (Phi) is 6.42. The zero-order chi connectivity index (χ0) is 23.8. The Labute approximate surface area is 212 Å². The van der Waals surface area contributed by atoms with Gasteiger partial charge in [-0.25, -0.2) is 9.97 Å². The third kappa shape index (κ3) is 4.35. The van der Waals surface area contributed by atoms with Crippen molar-refractivity contribution in [1.82, 2.24) is 15.0 Å². The Bertz CT molecular complexity index is 1230. The van der Waals surface area contributed by atoms with Crippen LogP contribution in [0.5, 0.6) is 0 Å². The number of rotatable bonds is 5. The number of carbonyl (C=O) groups is 1. The minimum Gasteiger partial charge on any atom is -0.356 e. The Morgan fingerprint density at radius 1 is 1.21 bits per heavy atom. The van der Waals surface area contributed by atoms with E-state index in [1.165, 1.54) is 11.3 Å². The average molecular weight is 594 g/mol. The first-order valence-electron chi connectivity index (χ1n) is 10.8. The highest BCUT2D eigenvalue weighted by Gasteiger charge is 2.33. The summed E-state index contributed by atoms with van der Waals surface area (Å²) in [6, 6.07) is 7.01. The third-order valence-corrected chi connectivity index (χ3v) is 8.78. The van der Waals surface area contributed by atoms with Gasteiger partial charge in [-0.1, -0.05) is 0 Å². The molecule has 0 aromatic carbocycles. The average Bonchev–Trinajstić information content (AvgIpc) is 3.29. The van der Waals surface area contributed by atoms with E-state index in [4.69, 9.17) is 0 Å². The Morgan fingerprint density at radius 3 is 2.68 bits per heavy atom. The van der Waals surface area contributed by atoms with Crippen molar-refractivity contribution in [2.24, 2.45) is 5.92 Å². The van der Waals surface area contributed by atoms with Crippen LogP contribution in [-0.4, -0.2) is 49.5 Å². The predicted molar refractivity (Wildman–Crippen MR) is 135 cm³/mol. The molecule has 0 bridgehead atoms. The van der Waals surface area contributed by atoms with Crippen LogP contribution >= 0.6 is 33.9 Å². The van der Waals surface area contributed by atoms with Crippen molar-refractivity contribution in [2.45, 2.75) is 23.3 Å². The van der Waals surface area contributed by atoms with E-state index in [2.05, 4.69) is 15.0 Å². The number of piperidine rings is 1. The molecule has 3 aromatic heterocycles. The summed E-state index contributed by atoms with van der Waals surface area (Å²) >= 11 is 3.06. The van der Waals surface area contributed by atoms with Crippen LogP contribution in [0.2, 0.25) is 0 Å². The number of carbonyl (C=O) groups excluding carboxylic acids is 1. The first-order chi connectivity index (χ1) is 16.4. The molecule has 34 heavy (non-hydrogen) atoms.